The normalized spacial score (nSPS) is 19.9. The summed E-state index contributed by atoms with van der Waals surface area (Å²) in [5, 5.41) is 2.53. The van der Waals surface area contributed by atoms with Crippen LogP contribution in [0.15, 0.2) is 72.9 Å². The molecule has 0 radical (unpaired) electrons. The third-order valence-electron chi connectivity index (χ3n) is 7.17. The van der Waals surface area contributed by atoms with Crippen molar-refractivity contribution in [2.24, 2.45) is 11.8 Å². The fourth-order valence-corrected chi connectivity index (χ4v) is 4.70. The summed E-state index contributed by atoms with van der Waals surface area (Å²) in [6.45, 7) is 4.34. The van der Waals surface area contributed by atoms with Gasteiger partial charge in [0.1, 0.15) is 18.6 Å². The molecule has 1 N–H and O–H groups in total. The molecule has 1 unspecified atom stereocenters. The van der Waals surface area contributed by atoms with Gasteiger partial charge in [0.25, 0.3) is 5.91 Å². The van der Waals surface area contributed by atoms with E-state index in [4.69, 9.17) is 28.4 Å². The van der Waals surface area contributed by atoms with Gasteiger partial charge in [-0.05, 0) is 24.5 Å². The number of ether oxygens (including phenoxy) is 6. The highest BCUT2D eigenvalue weighted by atomic mass is 16.7. The molecule has 1 amide bonds. The Morgan fingerprint density at radius 3 is 2.30 bits per heavy atom. The van der Waals surface area contributed by atoms with E-state index in [1.807, 2.05) is 60.7 Å². The lowest BCUT2D eigenvalue weighted by Crippen LogP contribution is -2.47. The molecule has 2 heterocycles. The summed E-state index contributed by atoms with van der Waals surface area (Å²) in [5.74, 6) is -4.27. The molecule has 4 rings (SSSR count). The predicted octanol–water partition coefficient (Wildman–Crippen LogP) is 3.66. The van der Waals surface area contributed by atoms with E-state index in [9.17, 15) is 19.2 Å². The Morgan fingerprint density at radius 2 is 1.65 bits per heavy atom. The maximum Gasteiger partial charge on any atom is 0.332 e. The lowest BCUT2D eigenvalue weighted by molar-refractivity contribution is -0.176. The lowest BCUT2D eigenvalue weighted by atomic mass is 9.91. The Kier molecular flexibility index (Phi) is 12.1. The van der Waals surface area contributed by atoms with Gasteiger partial charge in [0.15, 0.2) is 36.1 Å². The Hall–Kier alpha value is -4.97. The summed E-state index contributed by atoms with van der Waals surface area (Å²) in [6.07, 6.45) is -0.687. The molecule has 0 bridgehead atoms. The standard InChI is InChI=1S/C34H38N2O10/c1-21(2)32(38)46-29-22(3)45-34(40)26(19-43-33(39)25(29)17-23-11-7-5-8-12-23)36-31(37)28-30(27(41-4)15-16-35-28)44-20-42-18-24-13-9-6-10-14-24/h5-16,21-22,25-26,29H,17-20H2,1-4H3,(H,36,37)/t22-,25+,26-,29?/m0/s1. The van der Waals surface area contributed by atoms with E-state index in [0.717, 1.165) is 11.1 Å². The van der Waals surface area contributed by atoms with E-state index in [1.165, 1.54) is 26.3 Å². The van der Waals surface area contributed by atoms with Crippen LogP contribution in [0.2, 0.25) is 0 Å². The number of carbonyl (C=O) groups is 4. The van der Waals surface area contributed by atoms with Gasteiger partial charge < -0.3 is 33.7 Å². The zero-order valence-corrected chi connectivity index (χ0v) is 26.2. The molecule has 3 aromatic rings. The molecule has 1 aromatic heterocycles. The number of nitrogens with one attached hydrogen (secondary N) is 1. The number of rotatable bonds is 12. The highest BCUT2D eigenvalue weighted by Gasteiger charge is 2.42. The van der Waals surface area contributed by atoms with E-state index in [0.29, 0.717) is 0 Å². The van der Waals surface area contributed by atoms with Crippen LogP contribution in [0.3, 0.4) is 0 Å². The number of esters is 3. The van der Waals surface area contributed by atoms with Gasteiger partial charge in [0, 0.05) is 12.3 Å². The number of benzene rings is 2. The summed E-state index contributed by atoms with van der Waals surface area (Å²) in [6, 6.07) is 18.7. The molecule has 46 heavy (non-hydrogen) atoms. The first-order chi connectivity index (χ1) is 22.2. The zero-order chi connectivity index (χ0) is 33.1. The largest absolute Gasteiger partial charge is 0.493 e. The summed E-state index contributed by atoms with van der Waals surface area (Å²) < 4.78 is 33.6. The molecule has 0 aliphatic carbocycles. The van der Waals surface area contributed by atoms with Gasteiger partial charge in [0.2, 0.25) is 0 Å². The monoisotopic (exact) mass is 634 g/mol. The van der Waals surface area contributed by atoms with Gasteiger partial charge in [-0.1, -0.05) is 74.5 Å². The highest BCUT2D eigenvalue weighted by Crippen LogP contribution is 2.30. The van der Waals surface area contributed by atoms with E-state index in [2.05, 4.69) is 10.3 Å². The summed E-state index contributed by atoms with van der Waals surface area (Å²) in [4.78, 5) is 57.0. The van der Waals surface area contributed by atoms with Crippen molar-refractivity contribution < 1.29 is 47.6 Å². The minimum absolute atomic E-state index is 0.0130. The number of methoxy groups -OCH3 is 1. The van der Waals surface area contributed by atoms with Crippen molar-refractivity contribution in [1.29, 1.82) is 0 Å². The quantitative estimate of drug-likeness (QED) is 0.135. The van der Waals surface area contributed by atoms with Crippen molar-refractivity contribution in [3.05, 3.63) is 89.7 Å². The van der Waals surface area contributed by atoms with Gasteiger partial charge in [-0.3, -0.25) is 14.4 Å². The van der Waals surface area contributed by atoms with Crippen molar-refractivity contribution in [3.8, 4) is 11.5 Å². The second-order valence-electron chi connectivity index (χ2n) is 10.9. The molecule has 1 aliphatic rings. The number of pyridine rings is 1. The third kappa shape index (κ3) is 9.04. The Labute approximate surface area is 267 Å². The number of hydrogen-bond donors (Lipinski definition) is 1. The smallest absolute Gasteiger partial charge is 0.332 e. The zero-order valence-electron chi connectivity index (χ0n) is 26.2. The summed E-state index contributed by atoms with van der Waals surface area (Å²) in [5.41, 5.74) is 1.53. The van der Waals surface area contributed by atoms with Crippen LogP contribution < -0.4 is 14.8 Å². The fraction of sp³-hybridized carbons (Fsp3) is 0.382. The van der Waals surface area contributed by atoms with Gasteiger partial charge >= 0.3 is 17.9 Å². The molecule has 244 valence electrons. The van der Waals surface area contributed by atoms with Crippen LogP contribution >= 0.6 is 0 Å². The van der Waals surface area contributed by atoms with Crippen molar-refractivity contribution in [1.82, 2.24) is 10.3 Å². The minimum Gasteiger partial charge on any atom is -0.493 e. The number of carbonyl (C=O) groups excluding carboxylic acids is 4. The van der Waals surface area contributed by atoms with E-state index < -0.39 is 60.5 Å². The molecule has 0 saturated carbocycles. The number of aromatic nitrogens is 1. The minimum atomic E-state index is -1.41. The first-order valence-corrected chi connectivity index (χ1v) is 14.9. The molecule has 1 aliphatic heterocycles. The van der Waals surface area contributed by atoms with Crippen LogP contribution in [0, 0.1) is 11.8 Å². The molecule has 12 nitrogen and oxygen atoms in total. The number of nitrogens with zero attached hydrogens (tertiary/aromatic N) is 1. The van der Waals surface area contributed by atoms with Gasteiger partial charge in [-0.2, -0.15) is 0 Å². The predicted molar refractivity (Wildman–Crippen MR) is 164 cm³/mol. The second kappa shape index (κ2) is 16.4. The van der Waals surface area contributed by atoms with Crippen molar-refractivity contribution in [3.63, 3.8) is 0 Å². The molecular formula is C34H38N2O10. The summed E-state index contributed by atoms with van der Waals surface area (Å²) in [7, 11) is 1.40. The Bertz CT molecular complexity index is 1480. The average molecular weight is 635 g/mol. The number of hydrogen-bond acceptors (Lipinski definition) is 11. The van der Waals surface area contributed by atoms with E-state index in [-0.39, 0.29) is 37.0 Å². The van der Waals surface area contributed by atoms with Crippen molar-refractivity contribution >= 4 is 23.8 Å². The van der Waals surface area contributed by atoms with E-state index in [1.54, 1.807) is 13.8 Å². The van der Waals surface area contributed by atoms with Crippen LogP contribution in [0.4, 0.5) is 0 Å². The van der Waals surface area contributed by atoms with Crippen LogP contribution in [-0.2, 0) is 46.4 Å². The van der Waals surface area contributed by atoms with Crippen LogP contribution in [0.1, 0.15) is 42.4 Å². The van der Waals surface area contributed by atoms with Crippen LogP contribution in [0.5, 0.6) is 11.5 Å². The van der Waals surface area contributed by atoms with Gasteiger partial charge in [-0.15, -0.1) is 0 Å². The molecule has 1 fully saturated rings. The van der Waals surface area contributed by atoms with Crippen LogP contribution in [-0.4, -0.2) is 67.6 Å². The third-order valence-corrected chi connectivity index (χ3v) is 7.17. The molecule has 2 aromatic carbocycles. The molecule has 12 heteroatoms. The molecule has 4 atom stereocenters. The van der Waals surface area contributed by atoms with Gasteiger partial charge in [-0.25, -0.2) is 9.78 Å². The molecule has 1 saturated heterocycles. The number of cyclic esters (lactones) is 2. The highest BCUT2D eigenvalue weighted by molar-refractivity contribution is 5.98. The number of amides is 1. The van der Waals surface area contributed by atoms with Crippen molar-refractivity contribution in [2.75, 3.05) is 20.5 Å². The topological polar surface area (TPSA) is 149 Å². The second-order valence-corrected chi connectivity index (χ2v) is 10.9. The SMILES string of the molecule is COc1ccnc(C(=O)N[C@H]2COC(=O)[C@H](Cc3ccccc3)C(OC(=O)C(C)C)[C@H](C)OC2=O)c1OCOCc1ccccc1. The van der Waals surface area contributed by atoms with Gasteiger partial charge in [0.05, 0.1) is 19.6 Å². The van der Waals surface area contributed by atoms with E-state index >= 15 is 0 Å². The Morgan fingerprint density at radius 1 is 0.978 bits per heavy atom. The first kappa shape index (κ1) is 33.9. The summed E-state index contributed by atoms with van der Waals surface area (Å²) >= 11 is 0. The molecule has 0 spiro atoms. The maximum atomic E-state index is 13.5. The van der Waals surface area contributed by atoms with Crippen molar-refractivity contribution in [2.45, 2.75) is 52.0 Å². The lowest BCUT2D eigenvalue weighted by Gasteiger charge is -2.29. The average Bonchev–Trinajstić information content (AvgIpc) is 3.09. The van der Waals surface area contributed by atoms with Crippen LogP contribution in [0.25, 0.3) is 0 Å². The Balaban J connectivity index is 1.51. The molecular weight excluding hydrogens is 596 g/mol. The maximum absolute atomic E-state index is 13.5. The first-order valence-electron chi connectivity index (χ1n) is 14.9. The fourth-order valence-electron chi connectivity index (χ4n) is 4.70.